The molecule has 2 amide bonds. The first-order valence-corrected chi connectivity index (χ1v) is 9.35. The Kier molecular flexibility index (Phi) is 8.19. The third kappa shape index (κ3) is 6.54. The molecule has 9 heteroatoms. The average Bonchev–Trinajstić information content (AvgIpc) is 3.10. The predicted octanol–water partition coefficient (Wildman–Crippen LogP) is -0.235. The van der Waals surface area contributed by atoms with Gasteiger partial charge in [0, 0.05) is 18.7 Å². The number of carbonyl (C=O) groups is 2. The van der Waals surface area contributed by atoms with E-state index in [9.17, 15) is 9.59 Å². The Morgan fingerprint density at radius 3 is 1.82 bits per heavy atom. The molecular formula is C19H26N2O7. The molecule has 0 bridgehead atoms. The van der Waals surface area contributed by atoms with Crippen LogP contribution in [0.25, 0.3) is 0 Å². The van der Waals surface area contributed by atoms with Crippen molar-refractivity contribution in [2.24, 2.45) is 0 Å². The summed E-state index contributed by atoms with van der Waals surface area (Å²) in [4.78, 5) is 23.6. The zero-order valence-electron chi connectivity index (χ0n) is 15.6. The maximum absolute atomic E-state index is 11.8. The highest BCUT2D eigenvalue weighted by atomic mass is 16.7. The Morgan fingerprint density at radius 2 is 1.29 bits per heavy atom. The van der Waals surface area contributed by atoms with E-state index < -0.39 is 18.5 Å². The minimum atomic E-state index is -0.547. The van der Waals surface area contributed by atoms with Crippen LogP contribution in [0.5, 0.6) is 0 Å². The second-order valence-electron chi connectivity index (χ2n) is 6.43. The van der Waals surface area contributed by atoms with E-state index in [0.717, 1.165) is 5.56 Å². The van der Waals surface area contributed by atoms with Crippen molar-refractivity contribution in [3.05, 3.63) is 35.9 Å². The first-order valence-electron chi connectivity index (χ1n) is 9.35. The number of nitrogens with one attached hydrogen (secondary N) is 2. The van der Waals surface area contributed by atoms with Crippen LogP contribution in [0.1, 0.15) is 11.9 Å². The lowest BCUT2D eigenvalue weighted by Crippen LogP contribution is -2.35. The summed E-state index contributed by atoms with van der Waals surface area (Å²) in [6.07, 6.45) is -1.38. The van der Waals surface area contributed by atoms with Crippen LogP contribution in [0, 0.1) is 0 Å². The largest absolute Gasteiger partial charge is 0.378 e. The molecule has 9 nitrogen and oxygen atoms in total. The third-order valence-corrected chi connectivity index (χ3v) is 4.25. The Morgan fingerprint density at radius 1 is 0.750 bits per heavy atom. The maximum atomic E-state index is 11.8. The number of benzene rings is 1. The van der Waals surface area contributed by atoms with Crippen LogP contribution in [0.3, 0.4) is 0 Å². The molecule has 2 N–H and O–H groups in total. The summed E-state index contributed by atoms with van der Waals surface area (Å²) in [6.45, 7) is 1.66. The van der Waals surface area contributed by atoms with Gasteiger partial charge in [0.15, 0.2) is 6.29 Å². The van der Waals surface area contributed by atoms with E-state index in [0.29, 0.717) is 26.3 Å². The summed E-state index contributed by atoms with van der Waals surface area (Å²) in [5, 5.41) is 5.41. The number of rotatable bonds is 1. The average molecular weight is 394 g/mol. The van der Waals surface area contributed by atoms with Crippen molar-refractivity contribution in [2.75, 3.05) is 52.7 Å². The van der Waals surface area contributed by atoms with E-state index in [1.54, 1.807) is 0 Å². The number of hydrogen-bond acceptors (Lipinski definition) is 7. The Hall–Kier alpha value is -2.04. The van der Waals surface area contributed by atoms with E-state index in [2.05, 4.69) is 10.6 Å². The van der Waals surface area contributed by atoms with Gasteiger partial charge in [-0.15, -0.1) is 0 Å². The van der Waals surface area contributed by atoms with Gasteiger partial charge in [-0.25, -0.2) is 0 Å². The quantitative estimate of drug-likeness (QED) is 0.678. The van der Waals surface area contributed by atoms with Crippen molar-refractivity contribution in [2.45, 2.75) is 18.5 Å². The van der Waals surface area contributed by atoms with Crippen molar-refractivity contribution in [1.29, 1.82) is 0 Å². The van der Waals surface area contributed by atoms with Gasteiger partial charge in [0.2, 0.25) is 11.8 Å². The lowest BCUT2D eigenvalue weighted by Gasteiger charge is -2.16. The van der Waals surface area contributed by atoms with Crippen LogP contribution in [0.15, 0.2) is 30.3 Å². The highest BCUT2D eigenvalue weighted by molar-refractivity contribution is 5.77. The van der Waals surface area contributed by atoms with Crippen molar-refractivity contribution < 1.29 is 33.3 Å². The van der Waals surface area contributed by atoms with Gasteiger partial charge in [-0.05, 0) is 0 Å². The fourth-order valence-corrected chi connectivity index (χ4v) is 2.85. The molecule has 0 saturated carbocycles. The molecular weight excluding hydrogens is 368 g/mol. The van der Waals surface area contributed by atoms with Crippen molar-refractivity contribution >= 4 is 11.8 Å². The lowest BCUT2D eigenvalue weighted by molar-refractivity contribution is -0.128. The minimum absolute atomic E-state index is 0.0799. The summed E-state index contributed by atoms with van der Waals surface area (Å²) in [5.74, 6) is -0.458. The van der Waals surface area contributed by atoms with Crippen LogP contribution < -0.4 is 10.6 Å². The zero-order valence-corrected chi connectivity index (χ0v) is 15.6. The molecule has 2 fully saturated rings. The van der Waals surface area contributed by atoms with Crippen LogP contribution in [0.4, 0.5) is 0 Å². The number of fused-ring (bicyclic) bond motifs is 1. The van der Waals surface area contributed by atoms with Crippen molar-refractivity contribution in [3.63, 3.8) is 0 Å². The molecule has 2 heterocycles. The standard InChI is InChI=1S/C19H26N2O7/c22-17-12-25-10-15-16(28-19(27-15)14-4-2-1-3-5-14)11-26-13-18(23)21-7-9-24-8-6-20-17/h1-5,15-16,19H,6-13H2,(H,20,22)(H,21,23)/t15-,16-/m0/s1. The molecule has 3 rings (SSSR count). The summed E-state index contributed by atoms with van der Waals surface area (Å²) in [7, 11) is 0. The monoisotopic (exact) mass is 394 g/mol. The van der Waals surface area contributed by atoms with E-state index in [1.807, 2.05) is 30.3 Å². The Balaban J connectivity index is 1.59. The molecule has 1 aromatic rings. The van der Waals surface area contributed by atoms with E-state index >= 15 is 0 Å². The van der Waals surface area contributed by atoms with E-state index in [4.69, 9.17) is 23.7 Å². The van der Waals surface area contributed by atoms with Gasteiger partial charge in [0.25, 0.3) is 0 Å². The van der Waals surface area contributed by atoms with Gasteiger partial charge >= 0.3 is 0 Å². The number of carbonyl (C=O) groups excluding carboxylic acids is 2. The Labute approximate surface area is 163 Å². The molecule has 0 aliphatic carbocycles. The van der Waals surface area contributed by atoms with Crippen LogP contribution in [-0.2, 0) is 33.3 Å². The molecule has 2 aliphatic rings. The lowest BCUT2D eigenvalue weighted by atomic mass is 10.2. The SMILES string of the molecule is O=C1COC[C@@H]2OC(c3ccccc3)O[C@H]2COCC(=O)NCCOCCN1. The highest BCUT2D eigenvalue weighted by Crippen LogP contribution is 2.31. The topological polar surface area (TPSA) is 104 Å². The second kappa shape index (κ2) is 11.1. The molecule has 0 aromatic heterocycles. The van der Waals surface area contributed by atoms with Gasteiger partial charge in [-0.1, -0.05) is 30.3 Å². The molecule has 2 saturated heterocycles. The summed E-state index contributed by atoms with van der Waals surface area (Å²) in [5.41, 5.74) is 0.882. The number of ether oxygens (including phenoxy) is 5. The molecule has 2 atom stereocenters. The van der Waals surface area contributed by atoms with Crippen LogP contribution in [-0.4, -0.2) is 76.8 Å². The first-order chi connectivity index (χ1) is 13.7. The van der Waals surface area contributed by atoms with Gasteiger partial charge in [0.05, 0.1) is 26.4 Å². The third-order valence-electron chi connectivity index (χ3n) is 4.25. The summed E-state index contributed by atoms with van der Waals surface area (Å²) < 4.78 is 28.2. The van der Waals surface area contributed by atoms with Gasteiger partial charge in [0.1, 0.15) is 25.4 Å². The minimum Gasteiger partial charge on any atom is -0.378 e. The normalized spacial score (nSPS) is 26.7. The predicted molar refractivity (Wildman–Crippen MR) is 97.4 cm³/mol. The smallest absolute Gasteiger partial charge is 0.246 e. The zero-order chi connectivity index (χ0) is 19.6. The molecule has 154 valence electrons. The number of hydrogen-bond donors (Lipinski definition) is 2. The van der Waals surface area contributed by atoms with Crippen LogP contribution >= 0.6 is 0 Å². The summed E-state index contributed by atoms with van der Waals surface area (Å²) in [6, 6.07) is 9.54. The van der Waals surface area contributed by atoms with Crippen molar-refractivity contribution in [3.8, 4) is 0 Å². The molecule has 0 unspecified atom stereocenters. The fraction of sp³-hybridized carbons (Fsp3) is 0.579. The molecule has 28 heavy (non-hydrogen) atoms. The van der Waals surface area contributed by atoms with Gasteiger partial charge in [-0.3, -0.25) is 9.59 Å². The number of amides is 2. The second-order valence-corrected chi connectivity index (χ2v) is 6.43. The molecule has 0 spiro atoms. The van der Waals surface area contributed by atoms with E-state index in [-0.39, 0.29) is 38.2 Å². The summed E-state index contributed by atoms with van der Waals surface area (Å²) >= 11 is 0. The Bertz CT molecular complexity index is 594. The maximum Gasteiger partial charge on any atom is 0.246 e. The van der Waals surface area contributed by atoms with Crippen molar-refractivity contribution in [1.82, 2.24) is 10.6 Å². The van der Waals surface area contributed by atoms with Gasteiger partial charge < -0.3 is 34.3 Å². The molecule has 1 aromatic carbocycles. The van der Waals surface area contributed by atoms with Gasteiger partial charge in [-0.2, -0.15) is 0 Å². The molecule has 2 aliphatic heterocycles. The highest BCUT2D eigenvalue weighted by Gasteiger charge is 2.37. The molecule has 0 radical (unpaired) electrons. The van der Waals surface area contributed by atoms with Crippen LogP contribution in [0.2, 0.25) is 0 Å². The first kappa shape index (κ1) is 20.7. The van der Waals surface area contributed by atoms with E-state index in [1.165, 1.54) is 0 Å². The fourth-order valence-electron chi connectivity index (χ4n) is 2.85.